The van der Waals surface area contributed by atoms with Crippen LogP contribution >= 0.6 is 27.3 Å². The summed E-state index contributed by atoms with van der Waals surface area (Å²) in [5, 5.41) is 5.22. The van der Waals surface area contributed by atoms with Crippen molar-refractivity contribution in [3.8, 4) is 10.7 Å². The fraction of sp³-hybridized carbons (Fsp3) is 0.385. The molecule has 0 fully saturated rings. The van der Waals surface area contributed by atoms with Crippen LogP contribution in [-0.2, 0) is 0 Å². The second-order valence-corrected chi connectivity index (χ2v) is 6.26. The highest BCUT2D eigenvalue weighted by Crippen LogP contribution is 2.31. The van der Waals surface area contributed by atoms with Crippen LogP contribution in [-0.4, -0.2) is 17.0 Å². The van der Waals surface area contributed by atoms with Crippen molar-refractivity contribution < 1.29 is 0 Å². The van der Waals surface area contributed by atoms with Gasteiger partial charge in [0.1, 0.15) is 5.82 Å². The molecule has 0 aliphatic carbocycles. The quantitative estimate of drug-likeness (QED) is 0.906. The van der Waals surface area contributed by atoms with E-state index in [2.05, 4.69) is 45.1 Å². The van der Waals surface area contributed by atoms with Crippen LogP contribution < -0.4 is 5.32 Å². The van der Waals surface area contributed by atoms with E-state index in [0.717, 1.165) is 26.7 Å². The Balaban J connectivity index is 2.55. The first kappa shape index (κ1) is 13.5. The molecule has 0 aliphatic rings. The molecule has 0 saturated carbocycles. The SMILES string of the molecule is CNc1nc(-c2cc(Br)cs2)nc(C)c1C(C)C. The Morgan fingerprint density at radius 3 is 2.56 bits per heavy atom. The maximum Gasteiger partial charge on any atom is 0.171 e. The van der Waals surface area contributed by atoms with Gasteiger partial charge in [0, 0.05) is 28.2 Å². The number of thiophene rings is 1. The Morgan fingerprint density at radius 1 is 1.33 bits per heavy atom. The van der Waals surface area contributed by atoms with Crippen molar-refractivity contribution >= 4 is 33.1 Å². The van der Waals surface area contributed by atoms with E-state index in [1.807, 2.05) is 25.4 Å². The predicted octanol–water partition coefficient (Wildman–Crippen LogP) is 4.44. The maximum absolute atomic E-state index is 4.63. The van der Waals surface area contributed by atoms with E-state index in [1.165, 1.54) is 5.56 Å². The Kier molecular flexibility index (Phi) is 4.02. The van der Waals surface area contributed by atoms with Crippen molar-refractivity contribution in [1.82, 2.24) is 9.97 Å². The van der Waals surface area contributed by atoms with E-state index in [4.69, 9.17) is 0 Å². The van der Waals surface area contributed by atoms with Gasteiger partial charge in [-0.15, -0.1) is 11.3 Å². The number of aromatic nitrogens is 2. The molecule has 5 heteroatoms. The minimum absolute atomic E-state index is 0.413. The second kappa shape index (κ2) is 5.36. The first-order valence-electron chi connectivity index (χ1n) is 5.83. The Morgan fingerprint density at radius 2 is 2.06 bits per heavy atom. The molecule has 0 unspecified atom stereocenters. The molecular weight excluding hydrogens is 310 g/mol. The molecule has 0 spiro atoms. The number of halogens is 1. The fourth-order valence-electron chi connectivity index (χ4n) is 2.00. The largest absolute Gasteiger partial charge is 0.373 e. The highest BCUT2D eigenvalue weighted by atomic mass is 79.9. The summed E-state index contributed by atoms with van der Waals surface area (Å²) in [7, 11) is 1.90. The van der Waals surface area contributed by atoms with E-state index in [-0.39, 0.29) is 0 Å². The zero-order valence-electron chi connectivity index (χ0n) is 10.9. The van der Waals surface area contributed by atoms with E-state index < -0.39 is 0 Å². The van der Waals surface area contributed by atoms with E-state index in [9.17, 15) is 0 Å². The molecule has 2 rings (SSSR count). The van der Waals surface area contributed by atoms with Crippen LogP contribution in [0.1, 0.15) is 31.0 Å². The summed E-state index contributed by atoms with van der Waals surface area (Å²) in [4.78, 5) is 10.3. The zero-order valence-corrected chi connectivity index (χ0v) is 13.3. The number of hydrogen-bond acceptors (Lipinski definition) is 4. The molecule has 0 atom stereocenters. The van der Waals surface area contributed by atoms with Gasteiger partial charge in [0.15, 0.2) is 5.82 Å². The minimum Gasteiger partial charge on any atom is -0.373 e. The molecule has 2 aromatic rings. The summed E-state index contributed by atoms with van der Waals surface area (Å²) in [6, 6.07) is 2.05. The summed E-state index contributed by atoms with van der Waals surface area (Å²) in [5.41, 5.74) is 2.24. The average Bonchev–Trinajstić information content (AvgIpc) is 2.74. The van der Waals surface area contributed by atoms with Crippen LogP contribution in [0.2, 0.25) is 0 Å². The molecule has 18 heavy (non-hydrogen) atoms. The van der Waals surface area contributed by atoms with Crippen LogP contribution in [0.3, 0.4) is 0 Å². The number of nitrogens with one attached hydrogen (secondary N) is 1. The summed E-state index contributed by atoms with van der Waals surface area (Å²) < 4.78 is 1.07. The predicted molar refractivity (Wildman–Crippen MR) is 81.4 cm³/mol. The zero-order chi connectivity index (χ0) is 13.3. The van der Waals surface area contributed by atoms with E-state index in [1.54, 1.807) is 11.3 Å². The van der Waals surface area contributed by atoms with Crippen molar-refractivity contribution in [2.45, 2.75) is 26.7 Å². The van der Waals surface area contributed by atoms with Gasteiger partial charge in [0.25, 0.3) is 0 Å². The third-order valence-corrected chi connectivity index (χ3v) is 4.43. The van der Waals surface area contributed by atoms with Gasteiger partial charge in [0.05, 0.1) is 4.88 Å². The van der Waals surface area contributed by atoms with Crippen LogP contribution in [0, 0.1) is 6.92 Å². The normalized spacial score (nSPS) is 11.0. The van der Waals surface area contributed by atoms with Crippen LogP contribution in [0.25, 0.3) is 10.7 Å². The highest BCUT2D eigenvalue weighted by Gasteiger charge is 2.15. The van der Waals surface area contributed by atoms with Crippen LogP contribution in [0.4, 0.5) is 5.82 Å². The Hall–Kier alpha value is -0.940. The van der Waals surface area contributed by atoms with Gasteiger partial charge in [-0.05, 0) is 34.8 Å². The Labute approximate surface area is 120 Å². The summed E-state index contributed by atoms with van der Waals surface area (Å²) in [5.74, 6) is 2.13. The lowest BCUT2D eigenvalue weighted by Gasteiger charge is -2.15. The van der Waals surface area contributed by atoms with Crippen molar-refractivity contribution in [3.05, 3.63) is 27.2 Å². The highest BCUT2D eigenvalue weighted by molar-refractivity contribution is 9.10. The van der Waals surface area contributed by atoms with Crippen molar-refractivity contribution in [2.75, 3.05) is 12.4 Å². The van der Waals surface area contributed by atoms with Gasteiger partial charge in [-0.2, -0.15) is 0 Å². The fourth-order valence-corrected chi connectivity index (χ4v) is 3.36. The monoisotopic (exact) mass is 325 g/mol. The summed E-state index contributed by atoms with van der Waals surface area (Å²) >= 11 is 5.11. The molecular formula is C13H16BrN3S. The molecule has 0 saturated heterocycles. The van der Waals surface area contributed by atoms with Crippen LogP contribution in [0.15, 0.2) is 15.9 Å². The lowest BCUT2D eigenvalue weighted by atomic mass is 10.0. The molecule has 0 amide bonds. The van der Waals surface area contributed by atoms with Gasteiger partial charge in [-0.25, -0.2) is 9.97 Å². The molecule has 0 aliphatic heterocycles. The number of rotatable bonds is 3. The van der Waals surface area contributed by atoms with Crippen molar-refractivity contribution in [2.24, 2.45) is 0 Å². The van der Waals surface area contributed by atoms with Gasteiger partial charge in [-0.1, -0.05) is 13.8 Å². The van der Waals surface area contributed by atoms with Crippen molar-refractivity contribution in [3.63, 3.8) is 0 Å². The maximum atomic E-state index is 4.63. The van der Waals surface area contributed by atoms with Gasteiger partial charge < -0.3 is 5.32 Å². The topological polar surface area (TPSA) is 37.8 Å². The summed E-state index contributed by atoms with van der Waals surface area (Å²) in [6.45, 7) is 6.37. The third kappa shape index (κ3) is 2.57. The van der Waals surface area contributed by atoms with E-state index >= 15 is 0 Å². The molecule has 2 heterocycles. The molecule has 0 aromatic carbocycles. The minimum atomic E-state index is 0.413. The lowest BCUT2D eigenvalue weighted by molar-refractivity contribution is 0.834. The molecule has 0 bridgehead atoms. The molecule has 2 aromatic heterocycles. The molecule has 1 N–H and O–H groups in total. The average molecular weight is 326 g/mol. The van der Waals surface area contributed by atoms with Gasteiger partial charge in [-0.3, -0.25) is 0 Å². The number of nitrogens with zero attached hydrogens (tertiary/aromatic N) is 2. The Bertz CT molecular complexity index is 563. The molecule has 3 nitrogen and oxygen atoms in total. The first-order chi connectivity index (χ1) is 8.52. The number of aryl methyl sites for hydroxylation is 1. The van der Waals surface area contributed by atoms with Crippen molar-refractivity contribution in [1.29, 1.82) is 0 Å². The molecule has 0 radical (unpaired) electrons. The van der Waals surface area contributed by atoms with E-state index in [0.29, 0.717) is 5.92 Å². The summed E-state index contributed by atoms with van der Waals surface area (Å²) in [6.07, 6.45) is 0. The van der Waals surface area contributed by atoms with Crippen LogP contribution in [0.5, 0.6) is 0 Å². The second-order valence-electron chi connectivity index (χ2n) is 4.43. The number of hydrogen-bond donors (Lipinski definition) is 1. The smallest absolute Gasteiger partial charge is 0.171 e. The van der Waals surface area contributed by atoms with Gasteiger partial charge >= 0.3 is 0 Å². The van der Waals surface area contributed by atoms with Gasteiger partial charge in [0.2, 0.25) is 0 Å². The molecule has 96 valence electrons. The standard InChI is InChI=1S/C13H16BrN3S/c1-7(2)11-8(3)16-12(17-13(11)15-4)10-5-9(14)6-18-10/h5-7H,1-4H3,(H,15,16,17). The third-order valence-electron chi connectivity index (χ3n) is 2.74. The number of anilines is 1. The first-order valence-corrected chi connectivity index (χ1v) is 7.51. The lowest BCUT2D eigenvalue weighted by Crippen LogP contribution is -2.06.